The molecule has 0 saturated carbocycles. The molecule has 0 bridgehead atoms. The summed E-state index contributed by atoms with van der Waals surface area (Å²) in [5.41, 5.74) is 1.82. The van der Waals surface area contributed by atoms with Crippen molar-refractivity contribution in [1.82, 2.24) is 0 Å². The molecule has 0 aromatic heterocycles. The topological polar surface area (TPSA) is 66.5 Å². The highest BCUT2D eigenvalue weighted by Gasteiger charge is 2.28. The van der Waals surface area contributed by atoms with Crippen LogP contribution in [-0.2, 0) is 20.6 Å². The molecule has 0 unspecified atom stereocenters. The van der Waals surface area contributed by atoms with Gasteiger partial charge in [-0.2, -0.15) is 0 Å². The van der Waals surface area contributed by atoms with Crippen LogP contribution in [0.4, 0.5) is 11.4 Å². The summed E-state index contributed by atoms with van der Waals surface area (Å²) >= 11 is 14.1. The second kappa shape index (κ2) is 11.8. The van der Waals surface area contributed by atoms with E-state index < -0.39 is 22.5 Å². The van der Waals surface area contributed by atoms with Gasteiger partial charge in [-0.05, 0) is 60.2 Å². The molecule has 0 atom stereocenters. The van der Waals surface area contributed by atoms with Crippen LogP contribution in [0.1, 0.15) is 5.56 Å². The fraction of sp³-hybridized carbons (Fsp3) is 0.0741. The van der Waals surface area contributed by atoms with E-state index in [0.717, 1.165) is 15.6 Å². The van der Waals surface area contributed by atoms with Crippen molar-refractivity contribution in [1.29, 1.82) is 0 Å². The number of halogens is 2. The van der Waals surface area contributed by atoms with E-state index in [1.54, 1.807) is 42.1 Å². The third kappa shape index (κ3) is 6.62. The molecule has 0 fully saturated rings. The van der Waals surface area contributed by atoms with Crippen molar-refractivity contribution in [3.63, 3.8) is 0 Å². The first-order valence-electron chi connectivity index (χ1n) is 10.9. The fourth-order valence-electron chi connectivity index (χ4n) is 3.40. The molecule has 0 aliphatic heterocycles. The Kier molecular flexibility index (Phi) is 8.59. The number of rotatable bonds is 9. The van der Waals surface area contributed by atoms with Gasteiger partial charge in [-0.3, -0.25) is 9.10 Å². The molecule has 0 radical (unpaired) electrons. The van der Waals surface area contributed by atoms with Gasteiger partial charge in [0.25, 0.3) is 10.0 Å². The van der Waals surface area contributed by atoms with Crippen molar-refractivity contribution in [2.24, 2.45) is 0 Å². The summed E-state index contributed by atoms with van der Waals surface area (Å²) in [5.74, 6) is 0.281. The highest BCUT2D eigenvalue weighted by molar-refractivity contribution is 7.98. The van der Waals surface area contributed by atoms with E-state index in [-0.39, 0.29) is 15.6 Å². The van der Waals surface area contributed by atoms with Crippen molar-refractivity contribution in [3.8, 4) is 0 Å². The van der Waals surface area contributed by atoms with Crippen LogP contribution in [0, 0.1) is 0 Å². The number of hydrogen-bond acceptors (Lipinski definition) is 4. The number of nitrogens with zero attached hydrogens (tertiary/aromatic N) is 1. The molecular weight excluding hydrogens is 535 g/mol. The van der Waals surface area contributed by atoms with Crippen LogP contribution < -0.4 is 9.62 Å². The highest BCUT2D eigenvalue weighted by Crippen LogP contribution is 2.32. The number of hydrogen-bond donors (Lipinski definition) is 1. The van der Waals surface area contributed by atoms with Crippen molar-refractivity contribution < 1.29 is 13.2 Å². The first-order valence-corrected chi connectivity index (χ1v) is 14.1. The summed E-state index contributed by atoms with van der Waals surface area (Å²) in [6.45, 7) is -0.468. The molecule has 4 rings (SSSR count). The predicted octanol–water partition coefficient (Wildman–Crippen LogP) is 7.12. The molecule has 4 aromatic rings. The Hall–Kier alpha value is -2.97. The number of thioether (sulfide) groups is 1. The zero-order chi connectivity index (χ0) is 25.5. The molecule has 0 heterocycles. The van der Waals surface area contributed by atoms with E-state index in [9.17, 15) is 13.2 Å². The quantitative estimate of drug-likeness (QED) is 0.223. The SMILES string of the molecule is O=C(CN(c1ccc(Cl)cc1Cl)S(=O)(=O)c1ccccc1)Nc1ccc(CSc2ccccc2)cc1. The van der Waals surface area contributed by atoms with Gasteiger partial charge >= 0.3 is 0 Å². The van der Waals surface area contributed by atoms with Crippen LogP contribution >= 0.6 is 35.0 Å². The first-order chi connectivity index (χ1) is 17.3. The van der Waals surface area contributed by atoms with Gasteiger partial charge in [0.15, 0.2) is 0 Å². The first kappa shape index (κ1) is 26.1. The monoisotopic (exact) mass is 556 g/mol. The summed E-state index contributed by atoms with van der Waals surface area (Å²) in [6.07, 6.45) is 0. The van der Waals surface area contributed by atoms with Crippen molar-refractivity contribution in [2.45, 2.75) is 15.5 Å². The van der Waals surface area contributed by atoms with Crippen LogP contribution in [0.5, 0.6) is 0 Å². The molecule has 184 valence electrons. The van der Waals surface area contributed by atoms with Crippen LogP contribution in [0.25, 0.3) is 0 Å². The van der Waals surface area contributed by atoms with Gasteiger partial charge in [-0.15, -0.1) is 11.8 Å². The lowest BCUT2D eigenvalue weighted by molar-refractivity contribution is -0.114. The van der Waals surface area contributed by atoms with E-state index in [0.29, 0.717) is 10.7 Å². The minimum absolute atomic E-state index is 0.0454. The number of nitrogens with one attached hydrogen (secondary N) is 1. The highest BCUT2D eigenvalue weighted by atomic mass is 35.5. The Morgan fingerprint density at radius 1 is 0.833 bits per heavy atom. The van der Waals surface area contributed by atoms with Gasteiger partial charge < -0.3 is 5.32 Å². The lowest BCUT2D eigenvalue weighted by Crippen LogP contribution is -2.38. The number of anilines is 2. The molecule has 0 aliphatic rings. The molecule has 1 N–H and O–H groups in total. The lowest BCUT2D eigenvalue weighted by Gasteiger charge is -2.25. The summed E-state index contributed by atoms with van der Waals surface area (Å²) in [6, 6.07) is 29.9. The molecule has 9 heteroatoms. The normalized spacial score (nSPS) is 11.2. The maximum Gasteiger partial charge on any atom is 0.264 e. The molecular formula is C27H22Cl2N2O3S2. The minimum atomic E-state index is -4.08. The van der Waals surface area contributed by atoms with Crippen molar-refractivity contribution in [2.75, 3.05) is 16.2 Å². The Labute approximate surface area is 225 Å². The smallest absolute Gasteiger partial charge is 0.264 e. The summed E-state index contributed by atoms with van der Waals surface area (Å²) < 4.78 is 27.9. The third-order valence-corrected chi connectivity index (χ3v) is 8.58. The van der Waals surface area contributed by atoms with E-state index in [4.69, 9.17) is 23.2 Å². The summed E-state index contributed by atoms with van der Waals surface area (Å²) in [4.78, 5) is 14.2. The molecule has 0 aliphatic carbocycles. The summed E-state index contributed by atoms with van der Waals surface area (Å²) in [7, 11) is -4.08. The van der Waals surface area contributed by atoms with E-state index in [1.807, 2.05) is 30.3 Å². The van der Waals surface area contributed by atoms with E-state index >= 15 is 0 Å². The second-order valence-corrected chi connectivity index (χ2v) is 11.5. The van der Waals surface area contributed by atoms with Gasteiger partial charge in [0.1, 0.15) is 6.54 Å². The molecule has 1 amide bonds. The van der Waals surface area contributed by atoms with Crippen molar-refractivity contribution in [3.05, 3.63) is 119 Å². The Morgan fingerprint density at radius 2 is 1.47 bits per heavy atom. The zero-order valence-corrected chi connectivity index (χ0v) is 22.1. The third-order valence-electron chi connectivity index (χ3n) is 5.18. The Morgan fingerprint density at radius 3 is 2.11 bits per heavy atom. The van der Waals surface area contributed by atoms with Crippen LogP contribution in [0.15, 0.2) is 113 Å². The Balaban J connectivity index is 1.50. The number of carbonyl (C=O) groups is 1. The van der Waals surface area contributed by atoms with E-state index in [2.05, 4.69) is 17.4 Å². The zero-order valence-electron chi connectivity index (χ0n) is 19.0. The number of sulfonamides is 1. The van der Waals surface area contributed by atoms with Crippen LogP contribution in [-0.4, -0.2) is 20.9 Å². The number of carbonyl (C=O) groups excluding carboxylic acids is 1. The fourth-order valence-corrected chi connectivity index (χ4v) is 6.30. The Bertz CT molecular complexity index is 1430. The van der Waals surface area contributed by atoms with Gasteiger partial charge in [-0.25, -0.2) is 8.42 Å². The average molecular weight is 558 g/mol. The molecule has 0 spiro atoms. The van der Waals surface area contributed by atoms with Crippen LogP contribution in [0.2, 0.25) is 10.0 Å². The molecule has 0 saturated heterocycles. The van der Waals surface area contributed by atoms with Crippen LogP contribution in [0.3, 0.4) is 0 Å². The van der Waals surface area contributed by atoms with Gasteiger partial charge in [0.2, 0.25) is 5.91 Å². The molecule has 5 nitrogen and oxygen atoms in total. The predicted molar refractivity (Wildman–Crippen MR) is 149 cm³/mol. The van der Waals surface area contributed by atoms with E-state index in [1.165, 1.54) is 35.2 Å². The molecule has 36 heavy (non-hydrogen) atoms. The maximum absolute atomic E-state index is 13.4. The van der Waals surface area contributed by atoms with Gasteiger partial charge in [-0.1, -0.05) is 71.7 Å². The minimum Gasteiger partial charge on any atom is -0.325 e. The standard InChI is InChI=1S/C27H22Cl2N2O3S2/c28-21-13-16-26(25(29)17-21)31(36(33,34)24-9-5-2-6-10-24)18-27(32)30-22-14-11-20(12-15-22)19-35-23-7-3-1-4-8-23/h1-17H,18-19H2,(H,30,32). The maximum atomic E-state index is 13.4. The lowest BCUT2D eigenvalue weighted by atomic mass is 10.2. The largest absolute Gasteiger partial charge is 0.325 e. The average Bonchev–Trinajstić information content (AvgIpc) is 2.88. The van der Waals surface area contributed by atoms with Crippen molar-refractivity contribution >= 4 is 62.3 Å². The second-order valence-electron chi connectivity index (χ2n) is 7.77. The number of benzene rings is 4. The molecule has 4 aromatic carbocycles. The van der Waals surface area contributed by atoms with Gasteiger partial charge in [0.05, 0.1) is 15.6 Å². The van der Waals surface area contributed by atoms with Gasteiger partial charge in [0, 0.05) is 21.4 Å². The number of amides is 1. The summed E-state index contributed by atoms with van der Waals surface area (Å²) in [5, 5.41) is 3.25.